The summed E-state index contributed by atoms with van der Waals surface area (Å²) in [5, 5.41) is 3.16. The number of benzene rings is 1. The van der Waals surface area contributed by atoms with Gasteiger partial charge >= 0.3 is 0 Å². The van der Waals surface area contributed by atoms with E-state index in [0.717, 1.165) is 48.6 Å². The summed E-state index contributed by atoms with van der Waals surface area (Å²) in [5.41, 5.74) is 3.83. The van der Waals surface area contributed by atoms with Gasteiger partial charge in [0.15, 0.2) is 0 Å². The maximum absolute atomic E-state index is 12.7. The van der Waals surface area contributed by atoms with E-state index < -0.39 is 0 Å². The van der Waals surface area contributed by atoms with Crippen molar-refractivity contribution in [2.45, 2.75) is 25.8 Å². The van der Waals surface area contributed by atoms with Crippen LogP contribution in [0, 0.1) is 6.92 Å². The van der Waals surface area contributed by atoms with E-state index in [9.17, 15) is 4.79 Å². The number of nitrogens with zero attached hydrogens (tertiary/aromatic N) is 4. The molecule has 1 amide bonds. The van der Waals surface area contributed by atoms with E-state index in [1.54, 1.807) is 24.8 Å². The highest BCUT2D eigenvalue weighted by Gasteiger charge is 2.22. The van der Waals surface area contributed by atoms with Crippen molar-refractivity contribution in [3.63, 3.8) is 0 Å². The van der Waals surface area contributed by atoms with Crippen molar-refractivity contribution in [3.8, 4) is 11.1 Å². The van der Waals surface area contributed by atoms with Crippen LogP contribution in [-0.2, 0) is 0 Å². The van der Waals surface area contributed by atoms with E-state index >= 15 is 0 Å². The van der Waals surface area contributed by atoms with Crippen molar-refractivity contribution in [1.82, 2.24) is 20.3 Å². The van der Waals surface area contributed by atoms with E-state index in [-0.39, 0.29) is 11.9 Å². The molecule has 28 heavy (non-hydrogen) atoms. The average molecular weight is 373 g/mol. The van der Waals surface area contributed by atoms with Gasteiger partial charge in [-0.2, -0.15) is 0 Å². The lowest BCUT2D eigenvalue weighted by molar-refractivity contribution is 0.0933. The van der Waals surface area contributed by atoms with Crippen molar-refractivity contribution in [2.75, 3.05) is 18.0 Å². The van der Waals surface area contributed by atoms with Crippen molar-refractivity contribution in [2.24, 2.45) is 0 Å². The number of hydrogen-bond acceptors (Lipinski definition) is 5. The number of carbonyl (C=O) groups excluding carboxylic acids is 1. The van der Waals surface area contributed by atoms with Gasteiger partial charge in [-0.25, -0.2) is 4.98 Å². The summed E-state index contributed by atoms with van der Waals surface area (Å²) in [6, 6.07) is 11.8. The molecule has 0 spiro atoms. The topological polar surface area (TPSA) is 71.0 Å². The lowest BCUT2D eigenvalue weighted by atomic mass is 10.0. The largest absolute Gasteiger partial charge is 0.353 e. The molecule has 3 heterocycles. The molecule has 1 aliphatic rings. The molecule has 6 nitrogen and oxygen atoms in total. The van der Waals surface area contributed by atoms with Gasteiger partial charge in [0.25, 0.3) is 5.91 Å². The Morgan fingerprint density at radius 1 is 1.07 bits per heavy atom. The Hall–Kier alpha value is -3.28. The highest BCUT2D eigenvalue weighted by Crippen LogP contribution is 2.21. The van der Waals surface area contributed by atoms with Crippen LogP contribution < -0.4 is 10.2 Å². The molecule has 1 saturated heterocycles. The van der Waals surface area contributed by atoms with Gasteiger partial charge in [-0.15, -0.1) is 0 Å². The zero-order valence-corrected chi connectivity index (χ0v) is 15.9. The van der Waals surface area contributed by atoms with Crippen molar-refractivity contribution in [3.05, 3.63) is 72.4 Å². The van der Waals surface area contributed by atoms with Crippen molar-refractivity contribution in [1.29, 1.82) is 0 Å². The van der Waals surface area contributed by atoms with Gasteiger partial charge in [-0.05, 0) is 55.2 Å². The van der Waals surface area contributed by atoms with E-state index in [2.05, 4.69) is 25.2 Å². The van der Waals surface area contributed by atoms with Crippen LogP contribution >= 0.6 is 0 Å². The Morgan fingerprint density at radius 2 is 1.93 bits per heavy atom. The molecule has 2 aromatic heterocycles. The first-order chi connectivity index (χ1) is 13.7. The molecule has 1 N–H and O–H groups in total. The number of aromatic nitrogens is 3. The lowest BCUT2D eigenvalue weighted by Gasteiger charge is -2.33. The molecule has 1 fully saturated rings. The lowest BCUT2D eigenvalue weighted by Crippen LogP contribution is -2.48. The molecule has 0 saturated carbocycles. The van der Waals surface area contributed by atoms with Gasteiger partial charge in [0.2, 0.25) is 0 Å². The monoisotopic (exact) mass is 373 g/mol. The van der Waals surface area contributed by atoms with E-state index in [0.29, 0.717) is 5.56 Å². The second-order valence-electron chi connectivity index (χ2n) is 7.09. The first-order valence-corrected chi connectivity index (χ1v) is 9.54. The van der Waals surface area contributed by atoms with Crippen LogP contribution in [0.4, 0.5) is 5.82 Å². The number of anilines is 1. The summed E-state index contributed by atoms with van der Waals surface area (Å²) in [6.45, 7) is 3.66. The van der Waals surface area contributed by atoms with Gasteiger partial charge < -0.3 is 10.2 Å². The third kappa shape index (κ3) is 4.17. The SMILES string of the molecule is Cc1cc(-c2ccc(C(=O)NC3CCCN(c4cnccn4)C3)cc2)ccn1. The predicted molar refractivity (Wildman–Crippen MR) is 109 cm³/mol. The second kappa shape index (κ2) is 8.17. The maximum atomic E-state index is 12.7. The standard InChI is InChI=1S/C22H23N5O/c1-16-13-19(8-9-24-16)17-4-6-18(7-5-17)22(28)26-20-3-2-12-27(15-20)21-14-23-10-11-25-21/h4-11,13-14,20H,2-3,12,15H2,1H3,(H,26,28). The molecule has 3 aromatic rings. The van der Waals surface area contributed by atoms with E-state index in [1.807, 2.05) is 43.3 Å². The number of rotatable bonds is 4. The van der Waals surface area contributed by atoms with Crippen LogP contribution in [0.1, 0.15) is 28.9 Å². The van der Waals surface area contributed by atoms with Crippen LogP contribution in [0.15, 0.2) is 61.2 Å². The number of pyridine rings is 1. The minimum atomic E-state index is -0.0385. The smallest absolute Gasteiger partial charge is 0.251 e. The molecule has 142 valence electrons. The minimum absolute atomic E-state index is 0.0385. The molecule has 1 unspecified atom stereocenters. The zero-order valence-electron chi connectivity index (χ0n) is 15.9. The normalized spacial score (nSPS) is 16.6. The fraction of sp³-hybridized carbons (Fsp3) is 0.273. The number of nitrogens with one attached hydrogen (secondary N) is 1. The molecule has 0 radical (unpaired) electrons. The second-order valence-corrected chi connectivity index (χ2v) is 7.09. The van der Waals surface area contributed by atoms with Crippen molar-refractivity contribution >= 4 is 11.7 Å². The Morgan fingerprint density at radius 3 is 2.68 bits per heavy atom. The molecule has 0 aliphatic carbocycles. The zero-order chi connectivity index (χ0) is 19.3. The van der Waals surface area contributed by atoms with E-state index in [1.165, 1.54) is 0 Å². The summed E-state index contributed by atoms with van der Waals surface area (Å²) < 4.78 is 0. The Balaban J connectivity index is 1.40. The maximum Gasteiger partial charge on any atom is 0.251 e. The quantitative estimate of drug-likeness (QED) is 0.760. The number of amides is 1. The first kappa shape index (κ1) is 18.1. The summed E-state index contributed by atoms with van der Waals surface area (Å²) in [5.74, 6) is 0.821. The summed E-state index contributed by atoms with van der Waals surface area (Å²) in [7, 11) is 0. The van der Waals surface area contributed by atoms with Crippen molar-refractivity contribution < 1.29 is 4.79 Å². The van der Waals surface area contributed by atoms with Gasteiger partial charge in [-0.1, -0.05) is 12.1 Å². The van der Waals surface area contributed by atoms with Crippen LogP contribution in [-0.4, -0.2) is 40.0 Å². The molecule has 0 bridgehead atoms. The predicted octanol–water partition coefficient (Wildman–Crippen LogP) is 3.25. The number of carbonyl (C=O) groups is 1. The third-order valence-electron chi connectivity index (χ3n) is 5.01. The van der Waals surface area contributed by atoms with Gasteiger partial charge in [0, 0.05) is 49.0 Å². The van der Waals surface area contributed by atoms with Crippen LogP contribution in [0.3, 0.4) is 0 Å². The molecular formula is C22H23N5O. The summed E-state index contributed by atoms with van der Waals surface area (Å²) in [6.07, 6.45) is 8.92. The fourth-order valence-electron chi connectivity index (χ4n) is 3.57. The molecule has 1 aromatic carbocycles. The minimum Gasteiger partial charge on any atom is -0.353 e. The Labute approximate surface area is 164 Å². The van der Waals surface area contributed by atoms with Crippen LogP contribution in [0.25, 0.3) is 11.1 Å². The highest BCUT2D eigenvalue weighted by atomic mass is 16.1. The third-order valence-corrected chi connectivity index (χ3v) is 5.01. The highest BCUT2D eigenvalue weighted by molar-refractivity contribution is 5.95. The summed E-state index contributed by atoms with van der Waals surface area (Å²) in [4.78, 5) is 27.6. The van der Waals surface area contributed by atoms with Gasteiger partial charge in [-0.3, -0.25) is 14.8 Å². The van der Waals surface area contributed by atoms with Gasteiger partial charge in [0.1, 0.15) is 5.82 Å². The molecule has 1 aliphatic heterocycles. The fourth-order valence-corrected chi connectivity index (χ4v) is 3.57. The molecular weight excluding hydrogens is 350 g/mol. The molecule has 1 atom stereocenters. The summed E-state index contributed by atoms with van der Waals surface area (Å²) >= 11 is 0. The van der Waals surface area contributed by atoms with E-state index in [4.69, 9.17) is 0 Å². The van der Waals surface area contributed by atoms with Crippen LogP contribution in [0.2, 0.25) is 0 Å². The van der Waals surface area contributed by atoms with Gasteiger partial charge in [0.05, 0.1) is 6.20 Å². The molecule has 6 heteroatoms. The average Bonchev–Trinajstić information content (AvgIpc) is 2.75. The Bertz CT molecular complexity index is 943. The number of hydrogen-bond donors (Lipinski definition) is 1. The number of piperidine rings is 1. The van der Waals surface area contributed by atoms with Crippen LogP contribution in [0.5, 0.6) is 0 Å². The Kier molecular flexibility index (Phi) is 5.28. The molecule has 4 rings (SSSR count). The first-order valence-electron chi connectivity index (χ1n) is 9.54. The number of aryl methyl sites for hydroxylation is 1.